The number of para-hydroxylation sites is 1. The summed E-state index contributed by atoms with van der Waals surface area (Å²) in [4.78, 5) is 28.1. The molecule has 0 radical (unpaired) electrons. The summed E-state index contributed by atoms with van der Waals surface area (Å²) in [5, 5.41) is 11.3. The van der Waals surface area contributed by atoms with Gasteiger partial charge < -0.3 is 9.84 Å². The second kappa shape index (κ2) is 9.33. The van der Waals surface area contributed by atoms with Crippen LogP contribution < -0.4 is 9.64 Å². The van der Waals surface area contributed by atoms with Gasteiger partial charge in [-0.25, -0.2) is 0 Å². The van der Waals surface area contributed by atoms with E-state index in [1.807, 2.05) is 69.3 Å². The number of nitrogens with zero attached hydrogens (tertiary/aromatic N) is 1. The lowest BCUT2D eigenvalue weighted by molar-refractivity contribution is -0.132. The van der Waals surface area contributed by atoms with Crippen LogP contribution in [0.25, 0.3) is 5.76 Å². The Morgan fingerprint density at radius 3 is 2.45 bits per heavy atom. The average molecular weight is 442 g/mol. The Hall–Kier alpha value is -3.86. The van der Waals surface area contributed by atoms with Crippen LogP contribution in [-0.4, -0.2) is 23.4 Å². The number of Topliss-reactive ketones (excluding diaryl/α,β-unsaturated/α-hetero) is 1. The quantitative estimate of drug-likeness (QED) is 0.302. The molecule has 3 aromatic carbocycles. The molecule has 1 heterocycles. The van der Waals surface area contributed by atoms with Crippen molar-refractivity contribution in [1.29, 1.82) is 0 Å². The number of anilines is 1. The lowest BCUT2D eigenvalue weighted by Gasteiger charge is -2.27. The van der Waals surface area contributed by atoms with E-state index < -0.39 is 17.7 Å². The molecule has 0 saturated carbocycles. The Kier molecular flexibility index (Phi) is 6.31. The van der Waals surface area contributed by atoms with Crippen molar-refractivity contribution in [3.05, 3.63) is 101 Å². The van der Waals surface area contributed by atoms with Gasteiger partial charge in [0.25, 0.3) is 11.7 Å². The molecule has 33 heavy (non-hydrogen) atoms. The van der Waals surface area contributed by atoms with Crippen molar-refractivity contribution in [1.82, 2.24) is 0 Å². The van der Waals surface area contributed by atoms with E-state index >= 15 is 0 Å². The fraction of sp³-hybridized carbons (Fsp3) is 0.214. The Morgan fingerprint density at radius 1 is 0.970 bits per heavy atom. The molecule has 3 aromatic rings. The number of rotatable bonds is 6. The van der Waals surface area contributed by atoms with Crippen LogP contribution in [0.2, 0.25) is 0 Å². The molecule has 5 nitrogen and oxygen atoms in total. The number of carbonyl (C=O) groups excluding carboxylic acids is 2. The van der Waals surface area contributed by atoms with Crippen molar-refractivity contribution >= 4 is 23.1 Å². The fourth-order valence-electron chi connectivity index (χ4n) is 4.18. The molecule has 0 aliphatic carbocycles. The summed E-state index contributed by atoms with van der Waals surface area (Å²) in [6.45, 7) is 6.42. The number of hydrogen-bond donors (Lipinski definition) is 1. The number of carbonyl (C=O) groups is 2. The van der Waals surface area contributed by atoms with E-state index in [2.05, 4.69) is 0 Å². The lowest BCUT2D eigenvalue weighted by Crippen LogP contribution is -2.30. The highest BCUT2D eigenvalue weighted by atomic mass is 16.5. The molecule has 1 N–H and O–H groups in total. The van der Waals surface area contributed by atoms with Gasteiger partial charge in [-0.3, -0.25) is 14.5 Å². The summed E-state index contributed by atoms with van der Waals surface area (Å²) in [7, 11) is 0. The van der Waals surface area contributed by atoms with Crippen molar-refractivity contribution in [2.24, 2.45) is 0 Å². The maximum atomic E-state index is 13.3. The fourth-order valence-corrected chi connectivity index (χ4v) is 4.18. The highest BCUT2D eigenvalue weighted by molar-refractivity contribution is 6.51. The maximum Gasteiger partial charge on any atom is 0.300 e. The van der Waals surface area contributed by atoms with E-state index in [0.29, 0.717) is 23.6 Å². The number of ether oxygens (including phenoxy) is 1. The summed E-state index contributed by atoms with van der Waals surface area (Å²) in [5.41, 5.74) is 3.78. The van der Waals surface area contributed by atoms with Gasteiger partial charge in [0.1, 0.15) is 11.5 Å². The van der Waals surface area contributed by atoms with Crippen LogP contribution in [0.3, 0.4) is 0 Å². The maximum absolute atomic E-state index is 13.3. The van der Waals surface area contributed by atoms with Crippen LogP contribution in [0.5, 0.6) is 5.75 Å². The second-order valence-electron chi connectivity index (χ2n) is 8.25. The van der Waals surface area contributed by atoms with E-state index in [0.717, 1.165) is 23.1 Å². The van der Waals surface area contributed by atoms with Gasteiger partial charge in [-0.2, -0.15) is 0 Å². The van der Waals surface area contributed by atoms with Crippen molar-refractivity contribution in [2.45, 2.75) is 33.2 Å². The van der Waals surface area contributed by atoms with E-state index in [9.17, 15) is 14.7 Å². The molecule has 1 fully saturated rings. The summed E-state index contributed by atoms with van der Waals surface area (Å²) in [6.07, 6.45) is 0.852. The zero-order valence-corrected chi connectivity index (χ0v) is 19.0. The molecule has 168 valence electrons. The minimum atomic E-state index is -0.744. The number of ketones is 1. The van der Waals surface area contributed by atoms with Crippen LogP contribution in [0.1, 0.15) is 41.6 Å². The molecule has 1 amide bonds. The first-order valence-electron chi connectivity index (χ1n) is 11.1. The molecule has 1 saturated heterocycles. The van der Waals surface area contributed by atoms with Crippen molar-refractivity contribution in [3.63, 3.8) is 0 Å². The Balaban J connectivity index is 1.91. The summed E-state index contributed by atoms with van der Waals surface area (Å²) in [6, 6.07) is 21.3. The van der Waals surface area contributed by atoms with Gasteiger partial charge in [-0.15, -0.1) is 0 Å². The predicted molar refractivity (Wildman–Crippen MR) is 129 cm³/mol. The van der Waals surface area contributed by atoms with Crippen LogP contribution >= 0.6 is 0 Å². The Labute approximate surface area is 193 Å². The van der Waals surface area contributed by atoms with Crippen molar-refractivity contribution in [3.8, 4) is 5.75 Å². The number of aliphatic hydroxyl groups is 1. The molecule has 0 aromatic heterocycles. The van der Waals surface area contributed by atoms with Gasteiger partial charge in [-0.05, 0) is 49.6 Å². The normalized spacial score (nSPS) is 17.4. The SMILES string of the molecule is CCCOc1cccc(/C(O)=C2/C(=O)C(=O)N(c3ccccc3C)C2c2cccc(C)c2)c1. The summed E-state index contributed by atoms with van der Waals surface area (Å²) in [5.74, 6) is -0.975. The molecule has 1 aliphatic rings. The third-order valence-corrected chi connectivity index (χ3v) is 5.76. The molecular weight excluding hydrogens is 414 g/mol. The molecule has 1 atom stereocenters. The summed E-state index contributed by atoms with van der Waals surface area (Å²) >= 11 is 0. The van der Waals surface area contributed by atoms with Crippen LogP contribution in [0, 0.1) is 13.8 Å². The average Bonchev–Trinajstić information content (AvgIpc) is 3.08. The predicted octanol–water partition coefficient (Wildman–Crippen LogP) is 5.72. The first kappa shape index (κ1) is 22.3. The number of benzene rings is 3. The van der Waals surface area contributed by atoms with E-state index in [1.54, 1.807) is 24.3 Å². The zero-order valence-electron chi connectivity index (χ0n) is 19.0. The lowest BCUT2D eigenvalue weighted by atomic mass is 9.94. The zero-order chi connectivity index (χ0) is 23.5. The van der Waals surface area contributed by atoms with Crippen LogP contribution in [0.4, 0.5) is 5.69 Å². The summed E-state index contributed by atoms with van der Waals surface area (Å²) < 4.78 is 5.69. The van der Waals surface area contributed by atoms with Gasteiger partial charge in [0, 0.05) is 11.3 Å². The van der Waals surface area contributed by atoms with Gasteiger partial charge >= 0.3 is 0 Å². The van der Waals surface area contributed by atoms with Gasteiger partial charge in [-0.1, -0.05) is 67.1 Å². The smallest absolute Gasteiger partial charge is 0.300 e. The standard InChI is InChI=1S/C28H27NO4/c1-4-15-33-22-13-8-12-21(17-22)26(30)24-25(20-11-7-9-18(2)16-20)29(28(32)27(24)31)23-14-6-5-10-19(23)3/h5-14,16-17,25,30H,4,15H2,1-3H3/b26-24-. The Morgan fingerprint density at radius 2 is 1.73 bits per heavy atom. The second-order valence-corrected chi connectivity index (χ2v) is 8.25. The number of aliphatic hydroxyl groups excluding tert-OH is 1. The van der Waals surface area contributed by atoms with Gasteiger partial charge in [0.05, 0.1) is 18.2 Å². The number of hydrogen-bond acceptors (Lipinski definition) is 4. The number of amides is 1. The highest BCUT2D eigenvalue weighted by Crippen LogP contribution is 2.43. The molecular formula is C28H27NO4. The monoisotopic (exact) mass is 441 g/mol. The van der Waals surface area contributed by atoms with E-state index in [1.165, 1.54) is 4.90 Å². The van der Waals surface area contributed by atoms with Crippen LogP contribution in [0.15, 0.2) is 78.4 Å². The van der Waals surface area contributed by atoms with Crippen molar-refractivity contribution < 1.29 is 19.4 Å². The molecule has 4 rings (SSSR count). The van der Waals surface area contributed by atoms with E-state index in [-0.39, 0.29) is 11.3 Å². The first-order valence-corrected chi connectivity index (χ1v) is 11.1. The molecule has 1 aliphatic heterocycles. The highest BCUT2D eigenvalue weighted by Gasteiger charge is 2.47. The molecule has 0 spiro atoms. The van der Waals surface area contributed by atoms with E-state index in [4.69, 9.17) is 4.74 Å². The minimum Gasteiger partial charge on any atom is -0.507 e. The van der Waals surface area contributed by atoms with Crippen LogP contribution in [-0.2, 0) is 9.59 Å². The number of aryl methyl sites for hydroxylation is 2. The third-order valence-electron chi connectivity index (χ3n) is 5.76. The molecule has 1 unspecified atom stereocenters. The van der Waals surface area contributed by atoms with Gasteiger partial charge in [0.15, 0.2) is 0 Å². The molecule has 0 bridgehead atoms. The van der Waals surface area contributed by atoms with Crippen molar-refractivity contribution in [2.75, 3.05) is 11.5 Å². The largest absolute Gasteiger partial charge is 0.507 e. The van der Waals surface area contributed by atoms with Gasteiger partial charge in [0.2, 0.25) is 0 Å². The first-order chi connectivity index (χ1) is 15.9. The third kappa shape index (κ3) is 4.27. The molecule has 5 heteroatoms. The minimum absolute atomic E-state index is 0.0708. The topological polar surface area (TPSA) is 66.8 Å². The Bertz CT molecular complexity index is 1240.